The minimum absolute atomic E-state index is 0. The van der Waals surface area contributed by atoms with Gasteiger partial charge in [0.05, 0.1) is 0 Å². The number of benzene rings is 4. The van der Waals surface area contributed by atoms with Gasteiger partial charge < -0.3 is 17.3 Å². The molecule has 3 aliphatic rings. The Morgan fingerprint density at radius 2 is 0.600 bits per heavy atom. The molecule has 2 heterocycles. The van der Waals surface area contributed by atoms with E-state index in [0.717, 1.165) is 22.6 Å². The number of halogens is 4. The van der Waals surface area contributed by atoms with E-state index in [-0.39, 0.29) is 35.3 Å². The fraction of sp³-hybridized carbons (Fsp3) is 0.333. The summed E-state index contributed by atoms with van der Waals surface area (Å²) in [4.78, 5) is 0. The maximum atomic E-state index is 9.75. The molecule has 0 saturated carbocycles. The van der Waals surface area contributed by atoms with E-state index in [0.29, 0.717) is 0 Å². The zero-order chi connectivity index (χ0) is 34.3. The van der Waals surface area contributed by atoms with Gasteiger partial charge in [-0.3, -0.25) is 0 Å². The Hall–Kier alpha value is -2.37. The first-order chi connectivity index (χ1) is 23.9. The quantitative estimate of drug-likeness (QED) is 0.0756. The second kappa shape index (κ2) is 21.2. The molecule has 7 rings (SSSR count). The number of hydrogen-bond donors (Lipinski definition) is 0. The SMILES string of the molecule is C1=C\CC/C=C/CC/1.F[B-](F)(F)F.[Rh].c1ccc([C@H]2CC[C@H](c3ccccc3)P2CCP2[C@@H](c3ccccc3)CC[C@@H]2c2ccccc2)cc1. The summed E-state index contributed by atoms with van der Waals surface area (Å²) >= 11 is 0. The molecule has 1 radical (unpaired) electrons. The summed E-state index contributed by atoms with van der Waals surface area (Å²) in [5.41, 5.74) is 9.31. The van der Waals surface area contributed by atoms with E-state index in [2.05, 4.69) is 146 Å². The fourth-order valence-corrected chi connectivity index (χ4v) is 15.7. The Balaban J connectivity index is 0.000000340. The van der Waals surface area contributed by atoms with Crippen LogP contribution < -0.4 is 0 Å². The summed E-state index contributed by atoms with van der Waals surface area (Å²) < 4.78 is 39.0. The first-order valence-electron chi connectivity index (χ1n) is 17.8. The van der Waals surface area contributed by atoms with Gasteiger partial charge in [0.25, 0.3) is 0 Å². The van der Waals surface area contributed by atoms with Crippen molar-refractivity contribution in [1.29, 1.82) is 0 Å². The third-order valence-electron chi connectivity index (χ3n) is 9.72. The molecule has 1 aliphatic carbocycles. The second-order valence-corrected chi connectivity index (χ2v) is 18.4. The Bertz CT molecular complexity index is 1330. The predicted molar refractivity (Wildman–Crippen MR) is 206 cm³/mol. The van der Waals surface area contributed by atoms with Crippen molar-refractivity contribution in [2.75, 3.05) is 12.3 Å². The van der Waals surface area contributed by atoms with Gasteiger partial charge in [0, 0.05) is 42.1 Å². The largest absolute Gasteiger partial charge is 0.673 e. The number of allylic oxidation sites excluding steroid dienone is 4. The van der Waals surface area contributed by atoms with Crippen LogP contribution in [0.15, 0.2) is 146 Å². The van der Waals surface area contributed by atoms with Crippen LogP contribution in [-0.4, -0.2) is 19.6 Å². The summed E-state index contributed by atoms with van der Waals surface area (Å²) in [6.45, 7) is 0. The van der Waals surface area contributed by atoms with Crippen LogP contribution in [0.2, 0.25) is 0 Å². The Kier molecular flexibility index (Phi) is 17.2. The molecule has 2 saturated heterocycles. The molecule has 4 atom stereocenters. The molecule has 0 aromatic heterocycles. The summed E-state index contributed by atoms with van der Waals surface area (Å²) in [7, 11) is -6.20. The van der Waals surface area contributed by atoms with Gasteiger partial charge in [-0.2, -0.15) is 0 Å². The zero-order valence-corrected chi connectivity index (χ0v) is 32.0. The van der Waals surface area contributed by atoms with Crippen molar-refractivity contribution in [3.8, 4) is 0 Å². The average molecular weight is 805 g/mol. The van der Waals surface area contributed by atoms with Crippen LogP contribution in [0, 0.1) is 0 Å². The molecule has 0 spiro atoms. The molecule has 8 heteroatoms. The molecule has 0 bridgehead atoms. The van der Waals surface area contributed by atoms with Gasteiger partial charge in [0.2, 0.25) is 0 Å². The molecule has 2 aliphatic heterocycles. The van der Waals surface area contributed by atoms with E-state index in [1.165, 1.54) is 63.7 Å². The summed E-state index contributed by atoms with van der Waals surface area (Å²) in [5, 5.41) is 0. The van der Waals surface area contributed by atoms with Gasteiger partial charge in [-0.25, -0.2) is 0 Å². The first kappa shape index (κ1) is 40.4. The minimum atomic E-state index is -6.00. The van der Waals surface area contributed by atoms with E-state index in [4.69, 9.17) is 0 Å². The molecule has 0 nitrogen and oxygen atoms in total. The monoisotopic (exact) mass is 804 g/mol. The zero-order valence-electron chi connectivity index (χ0n) is 28.6. The molecule has 0 N–H and O–H groups in total. The number of rotatable bonds is 7. The maximum absolute atomic E-state index is 9.75. The Morgan fingerprint density at radius 1 is 0.400 bits per heavy atom. The molecule has 2 fully saturated rings. The van der Waals surface area contributed by atoms with Crippen LogP contribution in [-0.2, 0) is 19.5 Å². The van der Waals surface area contributed by atoms with Gasteiger partial charge in [-0.1, -0.05) is 161 Å². The van der Waals surface area contributed by atoms with E-state index < -0.39 is 7.25 Å². The van der Waals surface area contributed by atoms with Crippen molar-refractivity contribution < 1.29 is 36.7 Å². The van der Waals surface area contributed by atoms with Crippen molar-refractivity contribution in [3.05, 3.63) is 168 Å². The molecule has 50 heavy (non-hydrogen) atoms. The number of hydrogen-bond acceptors (Lipinski definition) is 0. The van der Waals surface area contributed by atoms with Crippen LogP contribution in [0.4, 0.5) is 17.3 Å². The van der Waals surface area contributed by atoms with Gasteiger partial charge >= 0.3 is 7.25 Å². The molecule has 4 aromatic carbocycles. The fourth-order valence-electron chi connectivity index (χ4n) is 7.57. The van der Waals surface area contributed by atoms with Crippen molar-refractivity contribution in [1.82, 2.24) is 0 Å². The standard InChI is InChI=1S/C34H36P2.C8H12.BF4.Rh/c1-5-13-27(14-6-1)31-21-22-32(28-15-7-2-8-16-28)35(31)25-26-36-33(29-17-9-3-10-18-29)23-24-34(36)30-19-11-4-12-20-30;1-2-4-6-8-7-5-3-1;2-1(3,4)5;/h1-20,31-34H,21-26H2;1-2,7-8H,3-6H2;;/q;;-1;/b;2-1-,8-7+;;/t31-,32-,33-,34-;;;/m1.../s1. The van der Waals surface area contributed by atoms with E-state index in [1.807, 2.05) is 0 Å². The molecule has 4 aromatic rings. The van der Waals surface area contributed by atoms with Crippen LogP contribution >= 0.6 is 15.8 Å². The van der Waals surface area contributed by atoms with Crippen LogP contribution in [0.25, 0.3) is 0 Å². The van der Waals surface area contributed by atoms with Gasteiger partial charge in [-0.15, -0.1) is 0 Å². The second-order valence-electron chi connectivity index (χ2n) is 12.9. The molecule has 0 unspecified atom stereocenters. The first-order valence-corrected chi connectivity index (χ1v) is 21.1. The van der Waals surface area contributed by atoms with Gasteiger partial charge in [0.15, 0.2) is 0 Å². The maximum Gasteiger partial charge on any atom is 0.673 e. The smallest absolute Gasteiger partial charge is 0.418 e. The summed E-state index contributed by atoms with van der Waals surface area (Å²) in [5.74, 6) is 0. The minimum Gasteiger partial charge on any atom is -0.418 e. The molecular weight excluding hydrogens is 756 g/mol. The normalized spacial score (nSPS) is 23.5. The summed E-state index contributed by atoms with van der Waals surface area (Å²) in [6.07, 6.45) is 22.2. The Labute approximate surface area is 312 Å². The van der Waals surface area contributed by atoms with Gasteiger partial charge in [0.1, 0.15) is 0 Å². The van der Waals surface area contributed by atoms with Crippen LogP contribution in [0.5, 0.6) is 0 Å². The topological polar surface area (TPSA) is 0 Å². The van der Waals surface area contributed by atoms with Gasteiger partial charge in [-0.05, 0) is 85.9 Å². The van der Waals surface area contributed by atoms with E-state index in [1.54, 1.807) is 22.3 Å². The van der Waals surface area contributed by atoms with Crippen LogP contribution in [0.1, 0.15) is 96.3 Å². The van der Waals surface area contributed by atoms with E-state index in [9.17, 15) is 17.3 Å². The molecule has 267 valence electrons. The van der Waals surface area contributed by atoms with Crippen LogP contribution in [0.3, 0.4) is 0 Å². The van der Waals surface area contributed by atoms with Crippen molar-refractivity contribution in [2.24, 2.45) is 0 Å². The van der Waals surface area contributed by atoms with Crippen molar-refractivity contribution in [3.63, 3.8) is 0 Å². The van der Waals surface area contributed by atoms with Crippen molar-refractivity contribution in [2.45, 2.75) is 74.0 Å². The Morgan fingerprint density at radius 3 is 0.800 bits per heavy atom. The average Bonchev–Trinajstić information content (AvgIpc) is 3.73. The molecular formula is C42H48BF4P2Rh-. The van der Waals surface area contributed by atoms with E-state index >= 15 is 0 Å². The summed E-state index contributed by atoms with van der Waals surface area (Å²) in [6, 6.07) is 45.8. The predicted octanol–water partition coefficient (Wildman–Crippen LogP) is 14.5. The van der Waals surface area contributed by atoms with Crippen molar-refractivity contribution >= 4 is 23.1 Å². The third-order valence-corrected chi connectivity index (χ3v) is 17.0. The third kappa shape index (κ3) is 12.7. The molecule has 0 amide bonds.